The molecule has 1 unspecified atom stereocenters. The fraction of sp³-hybridized carbons (Fsp3) is 0.529. The van der Waals surface area contributed by atoms with Crippen LogP contribution >= 0.6 is 0 Å². The number of aliphatic hydroxyl groups excluding tert-OH is 1. The lowest BCUT2D eigenvalue weighted by atomic mass is 9.97. The van der Waals surface area contributed by atoms with Gasteiger partial charge in [0, 0.05) is 43.7 Å². The van der Waals surface area contributed by atoms with Gasteiger partial charge in [-0.1, -0.05) is 0 Å². The van der Waals surface area contributed by atoms with Gasteiger partial charge in [0.2, 0.25) is 5.88 Å². The maximum absolute atomic E-state index is 14.6. The van der Waals surface area contributed by atoms with Crippen molar-refractivity contribution in [3.8, 4) is 5.88 Å². The SMILES string of the molecule is COc1ccc2ncc(F)c(C(CO)CN3CCO[C@@H](CN)C3)c2n1. The summed E-state index contributed by atoms with van der Waals surface area (Å²) >= 11 is 0. The molecule has 1 aliphatic rings. The molecule has 0 aliphatic carbocycles. The van der Waals surface area contributed by atoms with E-state index in [-0.39, 0.29) is 12.7 Å². The van der Waals surface area contributed by atoms with Gasteiger partial charge >= 0.3 is 0 Å². The van der Waals surface area contributed by atoms with Crippen LogP contribution in [-0.2, 0) is 4.74 Å². The zero-order valence-electron chi connectivity index (χ0n) is 14.2. The number of ether oxygens (including phenoxy) is 2. The molecule has 3 rings (SSSR count). The van der Waals surface area contributed by atoms with Gasteiger partial charge in [0.05, 0.1) is 43.7 Å². The summed E-state index contributed by atoms with van der Waals surface area (Å²) in [6.45, 7) is 2.69. The number of rotatable bonds is 6. The first kappa shape index (κ1) is 17.9. The summed E-state index contributed by atoms with van der Waals surface area (Å²) in [4.78, 5) is 10.6. The Labute approximate surface area is 145 Å². The van der Waals surface area contributed by atoms with Crippen LogP contribution in [0.3, 0.4) is 0 Å². The molecule has 2 aromatic heterocycles. The Balaban J connectivity index is 1.93. The highest BCUT2D eigenvalue weighted by Gasteiger charge is 2.26. The van der Waals surface area contributed by atoms with Crippen molar-refractivity contribution in [2.45, 2.75) is 12.0 Å². The fourth-order valence-corrected chi connectivity index (χ4v) is 3.19. The lowest BCUT2D eigenvalue weighted by molar-refractivity contribution is -0.0265. The van der Waals surface area contributed by atoms with E-state index >= 15 is 0 Å². The van der Waals surface area contributed by atoms with Gasteiger partial charge in [-0.15, -0.1) is 0 Å². The number of nitrogens with two attached hydrogens (primary N) is 1. The second kappa shape index (κ2) is 8.01. The van der Waals surface area contributed by atoms with Crippen LogP contribution in [0.15, 0.2) is 18.3 Å². The molecular formula is C17H23FN4O3. The topological polar surface area (TPSA) is 93.7 Å². The Bertz CT molecular complexity index is 730. The van der Waals surface area contributed by atoms with Crippen LogP contribution in [0.1, 0.15) is 11.5 Å². The largest absolute Gasteiger partial charge is 0.481 e. The van der Waals surface area contributed by atoms with E-state index in [1.165, 1.54) is 13.3 Å². The van der Waals surface area contributed by atoms with E-state index < -0.39 is 11.7 Å². The molecule has 136 valence electrons. The van der Waals surface area contributed by atoms with E-state index in [0.717, 1.165) is 0 Å². The average molecular weight is 350 g/mol. The number of fused-ring (bicyclic) bond motifs is 1. The van der Waals surface area contributed by atoms with Crippen LogP contribution in [0, 0.1) is 5.82 Å². The molecule has 2 atom stereocenters. The molecule has 2 aromatic rings. The van der Waals surface area contributed by atoms with Crippen molar-refractivity contribution in [3.05, 3.63) is 29.7 Å². The van der Waals surface area contributed by atoms with Gasteiger partial charge in [-0.25, -0.2) is 9.37 Å². The number of aliphatic hydroxyl groups is 1. The van der Waals surface area contributed by atoms with Crippen LogP contribution in [-0.4, -0.2) is 72.6 Å². The number of pyridine rings is 2. The van der Waals surface area contributed by atoms with Gasteiger partial charge in [0.1, 0.15) is 5.82 Å². The summed E-state index contributed by atoms with van der Waals surface area (Å²) in [5.41, 5.74) is 7.03. The number of hydrogen-bond donors (Lipinski definition) is 2. The van der Waals surface area contributed by atoms with Gasteiger partial charge in [-0.05, 0) is 6.07 Å². The van der Waals surface area contributed by atoms with Crippen LogP contribution in [0.2, 0.25) is 0 Å². The minimum Gasteiger partial charge on any atom is -0.481 e. The van der Waals surface area contributed by atoms with Gasteiger partial charge in [-0.3, -0.25) is 9.88 Å². The van der Waals surface area contributed by atoms with E-state index in [1.54, 1.807) is 12.1 Å². The summed E-state index contributed by atoms with van der Waals surface area (Å²) < 4.78 is 25.3. The van der Waals surface area contributed by atoms with Crippen molar-refractivity contribution in [2.24, 2.45) is 5.73 Å². The maximum atomic E-state index is 14.6. The quantitative estimate of drug-likeness (QED) is 0.784. The summed E-state index contributed by atoms with van der Waals surface area (Å²) in [6, 6.07) is 3.41. The first-order chi connectivity index (χ1) is 12.2. The number of nitrogens with zero attached hydrogens (tertiary/aromatic N) is 3. The van der Waals surface area contributed by atoms with Crippen LogP contribution in [0.4, 0.5) is 4.39 Å². The van der Waals surface area contributed by atoms with Crippen molar-refractivity contribution < 1.29 is 19.0 Å². The normalized spacial score (nSPS) is 19.9. The van der Waals surface area contributed by atoms with Gasteiger partial charge in [0.25, 0.3) is 0 Å². The average Bonchev–Trinajstić information content (AvgIpc) is 2.66. The third-order valence-corrected chi connectivity index (χ3v) is 4.48. The zero-order valence-corrected chi connectivity index (χ0v) is 14.2. The molecule has 1 fully saturated rings. The Morgan fingerprint density at radius 1 is 1.52 bits per heavy atom. The van der Waals surface area contributed by atoms with Crippen molar-refractivity contribution in [3.63, 3.8) is 0 Å². The highest BCUT2D eigenvalue weighted by atomic mass is 19.1. The highest BCUT2D eigenvalue weighted by molar-refractivity contribution is 5.79. The smallest absolute Gasteiger partial charge is 0.213 e. The van der Waals surface area contributed by atoms with E-state index in [2.05, 4.69) is 14.9 Å². The molecule has 7 nitrogen and oxygen atoms in total. The van der Waals surface area contributed by atoms with Crippen molar-refractivity contribution in [2.75, 3.05) is 46.5 Å². The first-order valence-corrected chi connectivity index (χ1v) is 8.30. The molecule has 3 heterocycles. The zero-order chi connectivity index (χ0) is 17.8. The Morgan fingerprint density at radius 2 is 2.36 bits per heavy atom. The Morgan fingerprint density at radius 3 is 3.08 bits per heavy atom. The molecule has 0 amide bonds. The lowest BCUT2D eigenvalue weighted by Crippen LogP contribution is -2.47. The molecule has 1 saturated heterocycles. The van der Waals surface area contributed by atoms with E-state index in [9.17, 15) is 9.50 Å². The molecule has 3 N–H and O–H groups in total. The standard InChI is InChI=1S/C17H23FN4O3/c1-24-15-3-2-14-17(21-15)16(13(18)7-20-14)11(10-23)8-22-4-5-25-12(6-19)9-22/h2-3,7,11-12,23H,4-6,8-10,19H2,1H3/t11?,12-/m0/s1. The second-order valence-electron chi connectivity index (χ2n) is 6.11. The van der Waals surface area contributed by atoms with Crippen LogP contribution < -0.4 is 10.5 Å². The molecule has 0 aromatic carbocycles. The number of methoxy groups -OCH3 is 1. The van der Waals surface area contributed by atoms with Crippen molar-refractivity contribution in [1.82, 2.24) is 14.9 Å². The minimum atomic E-state index is -0.476. The van der Waals surface area contributed by atoms with Crippen molar-refractivity contribution >= 4 is 11.0 Å². The molecular weight excluding hydrogens is 327 g/mol. The molecule has 25 heavy (non-hydrogen) atoms. The Hall–Kier alpha value is -1.87. The molecule has 8 heteroatoms. The fourth-order valence-electron chi connectivity index (χ4n) is 3.19. The second-order valence-corrected chi connectivity index (χ2v) is 6.11. The molecule has 1 aliphatic heterocycles. The minimum absolute atomic E-state index is 0.0367. The monoisotopic (exact) mass is 350 g/mol. The third-order valence-electron chi connectivity index (χ3n) is 4.48. The first-order valence-electron chi connectivity index (χ1n) is 8.30. The predicted molar refractivity (Wildman–Crippen MR) is 91.1 cm³/mol. The van der Waals surface area contributed by atoms with E-state index in [0.29, 0.717) is 55.3 Å². The summed E-state index contributed by atoms with van der Waals surface area (Å²) in [6.07, 6.45) is 1.14. The predicted octanol–water partition coefficient (Wildman–Crippen LogP) is 0.513. The van der Waals surface area contributed by atoms with E-state index in [1.807, 2.05) is 0 Å². The van der Waals surface area contributed by atoms with Crippen LogP contribution in [0.5, 0.6) is 5.88 Å². The highest BCUT2D eigenvalue weighted by Crippen LogP contribution is 2.28. The number of morpholine rings is 1. The van der Waals surface area contributed by atoms with E-state index in [4.69, 9.17) is 15.2 Å². The molecule has 0 bridgehead atoms. The maximum Gasteiger partial charge on any atom is 0.213 e. The number of hydrogen-bond acceptors (Lipinski definition) is 7. The van der Waals surface area contributed by atoms with Gasteiger partial charge in [-0.2, -0.15) is 0 Å². The summed E-state index contributed by atoms with van der Waals surface area (Å²) in [5, 5.41) is 9.91. The lowest BCUT2D eigenvalue weighted by Gasteiger charge is -2.34. The molecule has 0 spiro atoms. The molecule has 0 saturated carbocycles. The molecule has 0 radical (unpaired) electrons. The van der Waals surface area contributed by atoms with Gasteiger partial charge < -0.3 is 20.3 Å². The van der Waals surface area contributed by atoms with Gasteiger partial charge in [0.15, 0.2) is 0 Å². The summed E-state index contributed by atoms with van der Waals surface area (Å²) in [7, 11) is 1.50. The van der Waals surface area contributed by atoms with Crippen LogP contribution in [0.25, 0.3) is 11.0 Å². The number of aromatic nitrogens is 2. The third kappa shape index (κ3) is 3.87. The van der Waals surface area contributed by atoms with Crippen molar-refractivity contribution in [1.29, 1.82) is 0 Å². The summed E-state index contributed by atoms with van der Waals surface area (Å²) in [5.74, 6) is -0.523. The number of halogens is 1. The Kier molecular flexibility index (Phi) is 5.74.